The van der Waals surface area contributed by atoms with Crippen LogP contribution in [0.2, 0.25) is 0 Å². The number of nitrogens with zero attached hydrogens (tertiary/aromatic N) is 4. The minimum atomic E-state index is -4.42. The molecule has 0 saturated heterocycles. The second-order valence-corrected chi connectivity index (χ2v) is 9.43. The molecular weight excluding hydrogens is 493 g/mol. The van der Waals surface area contributed by atoms with E-state index in [4.69, 9.17) is 4.42 Å². The van der Waals surface area contributed by atoms with E-state index >= 15 is 0 Å². The van der Waals surface area contributed by atoms with Gasteiger partial charge in [0.15, 0.2) is 5.65 Å². The molecule has 6 nitrogen and oxygen atoms in total. The van der Waals surface area contributed by atoms with Crippen LogP contribution in [-0.2, 0) is 29.4 Å². The number of halogens is 3. The fraction of sp³-hybridized carbons (Fsp3) is 0.207. The van der Waals surface area contributed by atoms with Crippen LogP contribution in [0.4, 0.5) is 13.2 Å². The van der Waals surface area contributed by atoms with Gasteiger partial charge in [-0.3, -0.25) is 4.79 Å². The minimum Gasteiger partial charge on any atom is -0.467 e. The molecule has 0 spiro atoms. The van der Waals surface area contributed by atoms with Crippen LogP contribution in [0.5, 0.6) is 0 Å². The smallest absolute Gasteiger partial charge is 0.416 e. The number of fused-ring (bicyclic) bond motifs is 1. The molecule has 9 heteroatoms. The van der Waals surface area contributed by atoms with Gasteiger partial charge in [0.2, 0.25) is 5.91 Å². The molecule has 0 aliphatic carbocycles. The molecule has 3 heterocycles. The highest BCUT2D eigenvalue weighted by atomic mass is 19.4. The van der Waals surface area contributed by atoms with Crippen molar-refractivity contribution in [1.82, 2.24) is 19.5 Å². The van der Waals surface area contributed by atoms with Gasteiger partial charge in [-0.25, -0.2) is 9.50 Å². The zero-order valence-electron chi connectivity index (χ0n) is 20.8. The summed E-state index contributed by atoms with van der Waals surface area (Å²) in [7, 11) is 1.73. The first-order valence-electron chi connectivity index (χ1n) is 12.0. The van der Waals surface area contributed by atoms with Gasteiger partial charge in [0, 0.05) is 18.8 Å². The van der Waals surface area contributed by atoms with Gasteiger partial charge in [-0.2, -0.15) is 18.3 Å². The Morgan fingerprint density at radius 1 is 1.00 bits per heavy atom. The van der Waals surface area contributed by atoms with E-state index in [0.717, 1.165) is 17.7 Å². The summed E-state index contributed by atoms with van der Waals surface area (Å²) in [6.07, 6.45) is 0.698. The Kier molecular flexibility index (Phi) is 6.52. The van der Waals surface area contributed by atoms with E-state index < -0.39 is 17.2 Å². The van der Waals surface area contributed by atoms with Crippen LogP contribution in [0.3, 0.4) is 0 Å². The van der Waals surface area contributed by atoms with E-state index in [0.29, 0.717) is 41.2 Å². The zero-order valence-corrected chi connectivity index (χ0v) is 20.8. The molecule has 0 aliphatic heterocycles. The first-order chi connectivity index (χ1) is 18.2. The highest BCUT2D eigenvalue weighted by Crippen LogP contribution is 2.35. The Bertz CT molecular complexity index is 1540. The van der Waals surface area contributed by atoms with E-state index in [1.54, 1.807) is 47.3 Å². The van der Waals surface area contributed by atoms with Crippen LogP contribution in [-0.4, -0.2) is 32.5 Å². The first-order valence-corrected chi connectivity index (χ1v) is 12.0. The van der Waals surface area contributed by atoms with Crippen molar-refractivity contribution in [2.24, 2.45) is 0 Å². The van der Waals surface area contributed by atoms with Crippen LogP contribution >= 0.6 is 0 Å². The lowest BCUT2D eigenvalue weighted by Crippen LogP contribution is -2.45. The van der Waals surface area contributed by atoms with Gasteiger partial charge in [-0.05, 0) is 54.8 Å². The summed E-state index contributed by atoms with van der Waals surface area (Å²) in [6.45, 7) is 2.16. The number of aromatic nitrogens is 3. The van der Waals surface area contributed by atoms with Crippen molar-refractivity contribution in [3.05, 3.63) is 114 Å². The maximum atomic E-state index is 14.1. The quantitative estimate of drug-likeness (QED) is 0.259. The van der Waals surface area contributed by atoms with Gasteiger partial charge in [-0.15, -0.1) is 0 Å². The maximum Gasteiger partial charge on any atom is 0.416 e. The van der Waals surface area contributed by atoms with E-state index in [9.17, 15) is 18.0 Å². The van der Waals surface area contributed by atoms with Crippen LogP contribution in [0.15, 0.2) is 95.9 Å². The standard InChI is InChI=1S/C29H25F3N4O2/c1-28(17-20-7-4-3-5-8-20,27(37)35(2)19-23-9-6-16-38-23)25-14-15-33-26-24(18-34-36(25)26)21-10-12-22(13-11-21)29(30,31)32/h3-16,18H,17,19H2,1-2H3/t28-/m1/s1. The van der Waals surface area contributed by atoms with Gasteiger partial charge in [-0.1, -0.05) is 42.5 Å². The van der Waals surface area contributed by atoms with Crippen molar-refractivity contribution in [2.75, 3.05) is 7.05 Å². The normalized spacial score (nSPS) is 13.4. The number of alkyl halides is 3. The Morgan fingerprint density at radius 3 is 2.39 bits per heavy atom. The molecule has 5 aromatic rings. The van der Waals surface area contributed by atoms with Gasteiger partial charge in [0.1, 0.15) is 5.76 Å². The third-order valence-corrected chi connectivity index (χ3v) is 6.68. The van der Waals surface area contributed by atoms with Crippen molar-refractivity contribution in [3.8, 4) is 11.1 Å². The second-order valence-electron chi connectivity index (χ2n) is 9.43. The predicted octanol–water partition coefficient (Wildman–Crippen LogP) is 6.17. The first kappa shape index (κ1) is 25.3. The molecule has 38 heavy (non-hydrogen) atoms. The van der Waals surface area contributed by atoms with Crippen molar-refractivity contribution in [3.63, 3.8) is 0 Å². The predicted molar refractivity (Wildman–Crippen MR) is 136 cm³/mol. The minimum absolute atomic E-state index is 0.142. The number of likely N-dealkylation sites (N-methyl/N-ethyl adjacent to an activating group) is 1. The largest absolute Gasteiger partial charge is 0.467 e. The maximum absolute atomic E-state index is 14.1. The molecule has 5 rings (SSSR count). The Hall–Kier alpha value is -4.40. The third-order valence-electron chi connectivity index (χ3n) is 6.68. The molecule has 0 aliphatic rings. The number of hydrogen-bond acceptors (Lipinski definition) is 4. The third kappa shape index (κ3) is 4.79. The molecule has 3 aromatic heterocycles. The van der Waals surface area contributed by atoms with Crippen molar-refractivity contribution < 1.29 is 22.4 Å². The molecule has 0 N–H and O–H groups in total. The van der Waals surface area contributed by atoms with Crippen LogP contribution in [0, 0.1) is 0 Å². The molecular formula is C29H25F3N4O2. The summed E-state index contributed by atoms with van der Waals surface area (Å²) < 4.78 is 46.3. The summed E-state index contributed by atoms with van der Waals surface area (Å²) in [5.74, 6) is 0.517. The molecule has 0 radical (unpaired) electrons. The van der Waals surface area contributed by atoms with Crippen LogP contribution < -0.4 is 0 Å². The van der Waals surface area contributed by atoms with Gasteiger partial charge < -0.3 is 9.32 Å². The summed E-state index contributed by atoms with van der Waals surface area (Å²) in [5, 5.41) is 4.53. The fourth-order valence-corrected chi connectivity index (χ4v) is 4.76. The lowest BCUT2D eigenvalue weighted by Gasteiger charge is -2.33. The van der Waals surface area contributed by atoms with E-state index in [1.807, 2.05) is 43.3 Å². The molecule has 0 unspecified atom stereocenters. The number of rotatable bonds is 7. The molecule has 194 valence electrons. The highest BCUT2D eigenvalue weighted by Gasteiger charge is 2.40. The second kappa shape index (κ2) is 9.81. The van der Waals surface area contributed by atoms with E-state index in [2.05, 4.69) is 10.1 Å². The number of amides is 1. The molecule has 0 bridgehead atoms. The number of benzene rings is 2. The van der Waals surface area contributed by atoms with Gasteiger partial charge >= 0.3 is 6.18 Å². The zero-order chi connectivity index (χ0) is 26.9. The Labute approximate surface area is 217 Å². The monoisotopic (exact) mass is 518 g/mol. The molecule has 1 amide bonds. The topological polar surface area (TPSA) is 63.6 Å². The number of hydrogen-bond donors (Lipinski definition) is 0. The fourth-order valence-electron chi connectivity index (χ4n) is 4.76. The lowest BCUT2D eigenvalue weighted by molar-refractivity contribution is -0.138. The number of carbonyl (C=O) groups is 1. The lowest BCUT2D eigenvalue weighted by atomic mass is 9.78. The summed E-state index contributed by atoms with van der Waals surface area (Å²) in [4.78, 5) is 20.2. The van der Waals surface area contributed by atoms with E-state index in [1.165, 1.54) is 12.1 Å². The molecule has 0 fully saturated rings. The van der Waals surface area contributed by atoms with Crippen molar-refractivity contribution >= 4 is 11.6 Å². The number of carbonyl (C=O) groups excluding carboxylic acids is 1. The summed E-state index contributed by atoms with van der Waals surface area (Å²) in [6, 6.07) is 19.9. The SMILES string of the molecule is CN(Cc1ccco1)C(=O)[C@](C)(Cc1ccccc1)c1ccnc2c(-c3ccc(C(F)(F)F)cc3)cnn12. The van der Waals surface area contributed by atoms with E-state index in [-0.39, 0.29) is 5.91 Å². The van der Waals surface area contributed by atoms with Crippen LogP contribution in [0.25, 0.3) is 16.8 Å². The van der Waals surface area contributed by atoms with Crippen LogP contribution in [0.1, 0.15) is 29.5 Å². The highest BCUT2D eigenvalue weighted by molar-refractivity contribution is 5.88. The van der Waals surface area contributed by atoms with Crippen molar-refractivity contribution in [1.29, 1.82) is 0 Å². The average molecular weight is 519 g/mol. The summed E-state index contributed by atoms with van der Waals surface area (Å²) in [5.41, 5.74) is 1.36. The van der Waals surface area contributed by atoms with Crippen molar-refractivity contribution in [2.45, 2.75) is 31.5 Å². The van der Waals surface area contributed by atoms with Gasteiger partial charge in [0.05, 0.1) is 35.7 Å². The number of furan rings is 1. The molecule has 0 saturated carbocycles. The summed E-state index contributed by atoms with van der Waals surface area (Å²) >= 11 is 0. The Balaban J connectivity index is 1.58. The Morgan fingerprint density at radius 2 is 1.74 bits per heavy atom. The molecule has 1 atom stereocenters. The molecule has 2 aromatic carbocycles. The van der Waals surface area contributed by atoms with Gasteiger partial charge in [0.25, 0.3) is 0 Å². The average Bonchev–Trinajstić information content (AvgIpc) is 3.58.